The van der Waals surface area contributed by atoms with Crippen LogP contribution < -0.4 is 10.6 Å². The number of hydrogen-bond acceptors (Lipinski definition) is 3. The molecule has 0 aromatic heterocycles. The van der Waals surface area contributed by atoms with E-state index in [4.69, 9.17) is 0 Å². The number of carbonyl (C=O) groups is 2. The number of hydrogen-bond donors (Lipinski definition) is 2. The van der Waals surface area contributed by atoms with Crippen molar-refractivity contribution in [2.24, 2.45) is 0 Å². The van der Waals surface area contributed by atoms with E-state index in [9.17, 15) is 9.59 Å². The lowest BCUT2D eigenvalue weighted by Gasteiger charge is -2.28. The van der Waals surface area contributed by atoms with Crippen molar-refractivity contribution in [1.82, 2.24) is 15.5 Å². The van der Waals surface area contributed by atoms with E-state index in [1.54, 1.807) is 14.1 Å². The van der Waals surface area contributed by atoms with Crippen LogP contribution in [0.25, 0.3) is 0 Å². The van der Waals surface area contributed by atoms with Gasteiger partial charge < -0.3 is 15.5 Å². The van der Waals surface area contributed by atoms with Gasteiger partial charge in [0.2, 0.25) is 11.8 Å². The smallest absolute Gasteiger partial charge is 0.242 e. The molecular weight excluding hydrogens is 194 g/mol. The first-order chi connectivity index (χ1) is 6.99. The van der Waals surface area contributed by atoms with Crippen LogP contribution in [0.2, 0.25) is 0 Å². The van der Waals surface area contributed by atoms with Crippen molar-refractivity contribution in [1.29, 1.82) is 0 Å². The highest BCUT2D eigenvalue weighted by molar-refractivity contribution is 5.90. The van der Waals surface area contributed by atoms with Gasteiger partial charge in [-0.05, 0) is 26.3 Å². The molecule has 0 saturated carbocycles. The summed E-state index contributed by atoms with van der Waals surface area (Å²) in [6.07, 6.45) is 1.85. The highest BCUT2D eigenvalue weighted by atomic mass is 16.2. The molecule has 2 amide bonds. The van der Waals surface area contributed by atoms with Gasteiger partial charge in [0.1, 0.15) is 0 Å². The van der Waals surface area contributed by atoms with Crippen LogP contribution in [0.1, 0.15) is 19.8 Å². The average molecular weight is 213 g/mol. The van der Waals surface area contributed by atoms with E-state index in [0.29, 0.717) is 0 Å². The van der Waals surface area contributed by atoms with Gasteiger partial charge in [0.15, 0.2) is 0 Å². The molecule has 1 rings (SSSR count). The Morgan fingerprint density at radius 2 is 2.20 bits per heavy atom. The maximum absolute atomic E-state index is 12.0. The topological polar surface area (TPSA) is 61.4 Å². The summed E-state index contributed by atoms with van der Waals surface area (Å²) >= 11 is 0. The number of rotatable bonds is 3. The molecule has 1 atom stereocenters. The van der Waals surface area contributed by atoms with Crippen LogP contribution in [-0.4, -0.2) is 49.4 Å². The molecule has 0 spiro atoms. The van der Waals surface area contributed by atoms with E-state index >= 15 is 0 Å². The molecule has 0 aliphatic carbocycles. The first kappa shape index (κ1) is 12.0. The number of nitrogens with one attached hydrogen (secondary N) is 2. The molecule has 86 valence electrons. The van der Waals surface area contributed by atoms with Crippen molar-refractivity contribution in [3.8, 4) is 0 Å². The van der Waals surface area contributed by atoms with E-state index in [1.165, 1.54) is 4.90 Å². The molecule has 0 aromatic rings. The fraction of sp³-hybridized carbons (Fsp3) is 0.800. The molecule has 1 aliphatic rings. The second kappa shape index (κ2) is 4.61. The Hall–Kier alpha value is -1.10. The van der Waals surface area contributed by atoms with Crippen LogP contribution >= 0.6 is 0 Å². The van der Waals surface area contributed by atoms with Gasteiger partial charge in [0.25, 0.3) is 0 Å². The minimum Gasteiger partial charge on any atom is -0.358 e. The second-order valence-corrected chi connectivity index (χ2v) is 4.20. The standard InChI is InChI=1S/C10H19N3O2/c1-10(5-4-6-12-10)9(15)13(3)7-8(14)11-2/h12H,4-7H2,1-3H3,(H,11,14). The van der Waals surface area contributed by atoms with Gasteiger partial charge in [-0.3, -0.25) is 9.59 Å². The number of nitrogens with zero attached hydrogens (tertiary/aromatic N) is 1. The summed E-state index contributed by atoms with van der Waals surface area (Å²) in [7, 11) is 3.22. The zero-order valence-corrected chi connectivity index (χ0v) is 9.59. The summed E-state index contributed by atoms with van der Waals surface area (Å²) in [5, 5.41) is 5.68. The maximum Gasteiger partial charge on any atom is 0.242 e. The molecule has 15 heavy (non-hydrogen) atoms. The molecule has 1 unspecified atom stereocenters. The Balaban J connectivity index is 2.55. The molecule has 5 heteroatoms. The molecule has 5 nitrogen and oxygen atoms in total. The molecule has 1 heterocycles. The minimum absolute atomic E-state index is 0.0106. The summed E-state index contributed by atoms with van der Waals surface area (Å²) in [6, 6.07) is 0. The van der Waals surface area contributed by atoms with Crippen molar-refractivity contribution in [3.05, 3.63) is 0 Å². The largest absolute Gasteiger partial charge is 0.358 e. The van der Waals surface area contributed by atoms with Gasteiger partial charge in [-0.1, -0.05) is 0 Å². The molecule has 0 bridgehead atoms. The van der Waals surface area contributed by atoms with Crippen LogP contribution in [0.3, 0.4) is 0 Å². The highest BCUT2D eigenvalue weighted by Crippen LogP contribution is 2.20. The van der Waals surface area contributed by atoms with Crippen molar-refractivity contribution in [2.75, 3.05) is 27.2 Å². The summed E-state index contributed by atoms with van der Waals surface area (Å²) < 4.78 is 0. The van der Waals surface area contributed by atoms with Gasteiger partial charge in [0.05, 0.1) is 12.1 Å². The van der Waals surface area contributed by atoms with Gasteiger partial charge in [-0.2, -0.15) is 0 Å². The molecular formula is C10H19N3O2. The van der Waals surface area contributed by atoms with Gasteiger partial charge >= 0.3 is 0 Å². The third-order valence-corrected chi connectivity index (χ3v) is 2.85. The number of amides is 2. The Kier molecular flexibility index (Phi) is 3.68. The monoisotopic (exact) mass is 213 g/mol. The van der Waals surface area contributed by atoms with Gasteiger partial charge in [-0.25, -0.2) is 0 Å². The van der Waals surface area contributed by atoms with E-state index in [0.717, 1.165) is 19.4 Å². The first-order valence-corrected chi connectivity index (χ1v) is 5.21. The summed E-state index contributed by atoms with van der Waals surface area (Å²) in [5.41, 5.74) is -0.483. The average Bonchev–Trinajstić information content (AvgIpc) is 2.65. The molecule has 1 aliphatic heterocycles. The lowest BCUT2D eigenvalue weighted by atomic mass is 9.99. The fourth-order valence-corrected chi connectivity index (χ4v) is 1.86. The lowest BCUT2D eigenvalue weighted by Crippen LogP contribution is -2.53. The van der Waals surface area contributed by atoms with E-state index in [-0.39, 0.29) is 18.4 Å². The fourth-order valence-electron chi connectivity index (χ4n) is 1.86. The van der Waals surface area contributed by atoms with Crippen LogP contribution in [0, 0.1) is 0 Å². The van der Waals surface area contributed by atoms with Crippen LogP contribution in [0.15, 0.2) is 0 Å². The number of carbonyl (C=O) groups excluding carboxylic acids is 2. The van der Waals surface area contributed by atoms with E-state index in [1.807, 2.05) is 6.92 Å². The third-order valence-electron chi connectivity index (χ3n) is 2.85. The van der Waals surface area contributed by atoms with Crippen LogP contribution in [-0.2, 0) is 9.59 Å². The maximum atomic E-state index is 12.0. The van der Waals surface area contributed by atoms with Crippen molar-refractivity contribution < 1.29 is 9.59 Å². The summed E-state index contributed by atoms with van der Waals surface area (Å²) in [6.45, 7) is 2.88. The Morgan fingerprint density at radius 3 is 2.67 bits per heavy atom. The van der Waals surface area contributed by atoms with Gasteiger partial charge in [0, 0.05) is 14.1 Å². The molecule has 0 aromatic carbocycles. The first-order valence-electron chi connectivity index (χ1n) is 5.21. The van der Waals surface area contributed by atoms with Crippen molar-refractivity contribution in [2.45, 2.75) is 25.3 Å². The third kappa shape index (κ3) is 2.68. The number of likely N-dealkylation sites (N-methyl/N-ethyl adjacent to an activating group) is 2. The normalized spacial score (nSPS) is 25.0. The van der Waals surface area contributed by atoms with Crippen LogP contribution in [0.5, 0.6) is 0 Å². The predicted molar refractivity (Wildman–Crippen MR) is 57.3 cm³/mol. The molecule has 1 saturated heterocycles. The Labute approximate surface area is 90.2 Å². The van der Waals surface area contributed by atoms with E-state index < -0.39 is 5.54 Å². The zero-order valence-electron chi connectivity index (χ0n) is 9.59. The SMILES string of the molecule is CNC(=O)CN(C)C(=O)C1(C)CCCN1. The van der Waals surface area contributed by atoms with E-state index in [2.05, 4.69) is 10.6 Å². The summed E-state index contributed by atoms with van der Waals surface area (Å²) in [5.74, 6) is -0.156. The Bertz CT molecular complexity index is 259. The highest BCUT2D eigenvalue weighted by Gasteiger charge is 2.38. The zero-order chi connectivity index (χ0) is 11.5. The van der Waals surface area contributed by atoms with Crippen LogP contribution in [0.4, 0.5) is 0 Å². The molecule has 2 N–H and O–H groups in total. The molecule has 1 fully saturated rings. The minimum atomic E-state index is -0.483. The predicted octanol–water partition coefficient (Wildman–Crippen LogP) is -0.667. The second-order valence-electron chi connectivity index (χ2n) is 4.20. The summed E-state index contributed by atoms with van der Waals surface area (Å²) in [4.78, 5) is 24.6. The van der Waals surface area contributed by atoms with Crippen molar-refractivity contribution in [3.63, 3.8) is 0 Å². The quantitative estimate of drug-likeness (QED) is 0.654. The van der Waals surface area contributed by atoms with Crippen molar-refractivity contribution >= 4 is 11.8 Å². The molecule has 0 radical (unpaired) electrons. The lowest BCUT2D eigenvalue weighted by molar-refractivity contribution is -0.139. The Morgan fingerprint density at radius 1 is 1.53 bits per heavy atom. The van der Waals surface area contributed by atoms with Gasteiger partial charge in [-0.15, -0.1) is 0 Å².